The molecular weight excluding hydrogens is 334 g/mol. The van der Waals surface area contributed by atoms with Crippen molar-refractivity contribution in [3.8, 4) is 5.88 Å². The molecule has 0 radical (unpaired) electrons. The molecule has 1 aromatic heterocycles. The van der Waals surface area contributed by atoms with Crippen LogP contribution in [0.1, 0.15) is 10.4 Å². The Morgan fingerprint density at radius 3 is 2.87 bits per heavy atom. The molecule has 0 bridgehead atoms. The average Bonchev–Trinajstić information content (AvgIpc) is 2.75. The summed E-state index contributed by atoms with van der Waals surface area (Å²) in [6.45, 7) is -0.376. The Labute approximate surface area is 139 Å². The van der Waals surface area contributed by atoms with Gasteiger partial charge in [0, 0.05) is 0 Å². The van der Waals surface area contributed by atoms with Crippen LogP contribution in [0.25, 0.3) is 18.2 Å². The molecule has 0 fully saturated rings. The number of hydrogen-bond acceptors (Lipinski definition) is 5. The minimum absolute atomic E-state index is 0.0457. The molecule has 0 amide bonds. The number of allylic oxidation sites excluding steroid dienone is 1. The number of rotatable bonds is 3. The molecule has 5 nitrogen and oxygen atoms in total. The van der Waals surface area contributed by atoms with E-state index in [-0.39, 0.29) is 18.2 Å². The van der Waals surface area contributed by atoms with Gasteiger partial charge in [-0.2, -0.15) is 0 Å². The van der Waals surface area contributed by atoms with E-state index >= 15 is 0 Å². The van der Waals surface area contributed by atoms with E-state index in [2.05, 4.69) is 0 Å². The number of carbonyl (C=O) groups excluding carboxylic acids is 1. The maximum atomic E-state index is 11.3. The van der Waals surface area contributed by atoms with Crippen molar-refractivity contribution in [1.29, 1.82) is 0 Å². The van der Waals surface area contributed by atoms with Gasteiger partial charge in [-0.05, 0) is 52.5 Å². The van der Waals surface area contributed by atoms with Gasteiger partial charge in [0.2, 0.25) is 5.88 Å². The van der Waals surface area contributed by atoms with Gasteiger partial charge in [0.05, 0.1) is 4.88 Å². The smallest absolute Gasteiger partial charge is 0.323 e. The quantitative estimate of drug-likeness (QED) is 0.819. The number of benzene rings is 1. The molecule has 0 saturated heterocycles. The lowest BCUT2D eigenvalue weighted by molar-refractivity contribution is -0.137. The zero-order valence-electron chi connectivity index (χ0n) is 11.7. The molecule has 2 N–H and O–H groups in total. The second-order valence-electron chi connectivity index (χ2n) is 4.95. The summed E-state index contributed by atoms with van der Waals surface area (Å²) in [4.78, 5) is 22.6. The van der Waals surface area contributed by atoms with Crippen LogP contribution in [-0.2, 0) is 16.1 Å². The van der Waals surface area contributed by atoms with Gasteiger partial charge in [-0.3, -0.25) is 14.2 Å². The summed E-state index contributed by atoms with van der Waals surface area (Å²) in [5, 5.41) is 20.7. The summed E-state index contributed by atoms with van der Waals surface area (Å²) >= 11 is 6.23. The van der Waals surface area contributed by atoms with Gasteiger partial charge < -0.3 is 10.2 Å². The summed E-state index contributed by atoms with van der Waals surface area (Å²) in [5.41, 5.74) is 0.909. The van der Waals surface area contributed by atoms with Crippen LogP contribution < -0.4 is 10.4 Å². The van der Waals surface area contributed by atoms with Crippen LogP contribution in [0.3, 0.4) is 0 Å². The van der Waals surface area contributed by atoms with Crippen molar-refractivity contribution >= 4 is 53.5 Å². The van der Waals surface area contributed by atoms with Gasteiger partial charge in [0.15, 0.2) is 9.74 Å². The fraction of sp³-hybridized carbons (Fsp3) is 0.0625. The van der Waals surface area contributed by atoms with E-state index in [4.69, 9.17) is 17.3 Å². The molecule has 1 aromatic carbocycles. The Hall–Kier alpha value is -2.51. The lowest BCUT2D eigenvalue weighted by atomic mass is 10.0. The summed E-state index contributed by atoms with van der Waals surface area (Å²) in [7, 11) is 0. The van der Waals surface area contributed by atoms with E-state index in [0.29, 0.717) is 8.83 Å². The summed E-state index contributed by atoms with van der Waals surface area (Å²) in [6.07, 6.45) is 6.53. The second-order valence-corrected chi connectivity index (χ2v) is 6.62. The van der Waals surface area contributed by atoms with E-state index in [1.54, 1.807) is 18.2 Å². The predicted molar refractivity (Wildman–Crippen MR) is 90.2 cm³/mol. The Morgan fingerprint density at radius 2 is 2.13 bits per heavy atom. The number of fused-ring (bicyclic) bond motifs is 1. The first-order valence-corrected chi connectivity index (χ1v) is 7.86. The fourth-order valence-corrected chi connectivity index (χ4v) is 3.53. The van der Waals surface area contributed by atoms with E-state index < -0.39 is 5.97 Å². The molecule has 3 rings (SSSR count). The number of carboxylic acid groups (broad SMARTS) is 1. The average molecular weight is 345 g/mol. The normalized spacial score (nSPS) is 13.7. The number of thiazole rings is 1. The van der Waals surface area contributed by atoms with Crippen molar-refractivity contribution in [3.05, 3.63) is 49.1 Å². The highest BCUT2D eigenvalue weighted by Gasteiger charge is 2.12. The largest absolute Gasteiger partial charge is 0.493 e. The van der Waals surface area contributed by atoms with Crippen LogP contribution >= 0.6 is 23.6 Å². The van der Waals surface area contributed by atoms with Crippen molar-refractivity contribution in [3.63, 3.8) is 0 Å². The second kappa shape index (κ2) is 5.94. The van der Waals surface area contributed by atoms with Gasteiger partial charge in [0.1, 0.15) is 6.54 Å². The summed E-state index contributed by atoms with van der Waals surface area (Å²) in [5.74, 6) is -1.27. The summed E-state index contributed by atoms with van der Waals surface area (Å²) < 4.78 is 1.48. The maximum Gasteiger partial charge on any atom is 0.323 e. The van der Waals surface area contributed by atoms with Crippen molar-refractivity contribution in [1.82, 2.24) is 4.57 Å². The predicted octanol–water partition coefficient (Wildman–Crippen LogP) is 1.27. The highest BCUT2D eigenvalue weighted by molar-refractivity contribution is 7.73. The van der Waals surface area contributed by atoms with Gasteiger partial charge in [-0.15, -0.1) is 11.3 Å². The van der Waals surface area contributed by atoms with Crippen molar-refractivity contribution in [2.75, 3.05) is 0 Å². The number of aromatic hydroxyl groups is 1. The molecule has 7 heteroatoms. The fourth-order valence-electron chi connectivity index (χ4n) is 2.27. The number of carboxylic acids is 1. The number of carbonyl (C=O) groups is 2. The van der Waals surface area contributed by atoms with E-state index in [9.17, 15) is 14.7 Å². The molecule has 0 atom stereocenters. The molecule has 1 aliphatic carbocycles. The number of aromatic nitrogens is 1. The Kier molecular flexibility index (Phi) is 3.97. The monoisotopic (exact) mass is 345 g/mol. The molecule has 0 unspecified atom stereocenters. The van der Waals surface area contributed by atoms with Crippen molar-refractivity contribution < 1.29 is 19.8 Å². The van der Waals surface area contributed by atoms with Gasteiger partial charge in [-0.25, -0.2) is 0 Å². The highest BCUT2D eigenvalue weighted by Crippen LogP contribution is 2.26. The molecule has 1 heterocycles. The van der Waals surface area contributed by atoms with E-state index in [0.717, 1.165) is 27.3 Å². The lowest BCUT2D eigenvalue weighted by Crippen LogP contribution is -2.16. The zero-order valence-corrected chi connectivity index (χ0v) is 13.4. The molecular formula is C16H11NO4S2. The first-order valence-electron chi connectivity index (χ1n) is 6.64. The van der Waals surface area contributed by atoms with Crippen molar-refractivity contribution in [2.24, 2.45) is 0 Å². The van der Waals surface area contributed by atoms with Gasteiger partial charge in [0.25, 0.3) is 0 Å². The molecule has 0 aliphatic heterocycles. The van der Waals surface area contributed by atoms with Crippen LogP contribution in [0.15, 0.2) is 24.3 Å². The van der Waals surface area contributed by atoms with Gasteiger partial charge in [-0.1, -0.05) is 18.2 Å². The van der Waals surface area contributed by atoms with E-state index in [1.165, 1.54) is 10.6 Å². The van der Waals surface area contributed by atoms with Crippen LogP contribution in [-0.4, -0.2) is 26.5 Å². The minimum atomic E-state index is -1.07. The van der Waals surface area contributed by atoms with Crippen LogP contribution in [0, 0.1) is 3.95 Å². The first-order chi connectivity index (χ1) is 10.9. The molecule has 2 aromatic rings. The number of hydrogen-bond donors (Lipinski definition) is 2. The summed E-state index contributed by atoms with van der Waals surface area (Å²) in [6, 6.07) is 5.54. The van der Waals surface area contributed by atoms with Crippen LogP contribution in [0.5, 0.6) is 5.88 Å². The molecule has 0 saturated carbocycles. The third kappa shape index (κ3) is 3.15. The van der Waals surface area contributed by atoms with Crippen molar-refractivity contribution in [2.45, 2.75) is 6.54 Å². The van der Waals surface area contributed by atoms with Crippen LogP contribution in [0.4, 0.5) is 0 Å². The standard InChI is InChI=1S/C16H11NO4S2/c18-12-4-3-10-5-9(1-2-11(10)7-12)6-13-15(21)17(8-14(19)20)16(22)23-13/h1-7,21H,8H2,(H,19,20)/b9-6+. The number of ketones is 1. The SMILES string of the molecule is O=C1C=Cc2c/c(=C/c3sc(=S)n(CC(=O)O)c3O)ccc2=C1. The Bertz CT molecular complexity index is 1030. The third-order valence-corrected chi connectivity index (χ3v) is 4.71. The third-order valence-electron chi connectivity index (χ3n) is 3.32. The van der Waals surface area contributed by atoms with Gasteiger partial charge >= 0.3 is 5.97 Å². The lowest BCUT2D eigenvalue weighted by Gasteiger charge is -2.01. The molecule has 0 spiro atoms. The first kappa shape index (κ1) is 15.4. The number of aliphatic carboxylic acids is 1. The number of nitrogens with zero attached hydrogens (tertiary/aromatic N) is 1. The minimum Gasteiger partial charge on any atom is -0.493 e. The van der Waals surface area contributed by atoms with Crippen LogP contribution in [0.2, 0.25) is 0 Å². The Morgan fingerprint density at radius 1 is 1.35 bits per heavy atom. The zero-order chi connectivity index (χ0) is 16.6. The van der Waals surface area contributed by atoms with E-state index in [1.807, 2.05) is 18.2 Å². The molecule has 116 valence electrons. The Balaban J connectivity index is 2.08. The molecule has 23 heavy (non-hydrogen) atoms. The topological polar surface area (TPSA) is 79.5 Å². The maximum absolute atomic E-state index is 11.3. The highest BCUT2D eigenvalue weighted by atomic mass is 32.1. The molecule has 1 aliphatic rings.